The van der Waals surface area contributed by atoms with Gasteiger partial charge in [-0.15, -0.1) is 0 Å². The van der Waals surface area contributed by atoms with E-state index in [2.05, 4.69) is 0 Å². The van der Waals surface area contributed by atoms with Gasteiger partial charge < -0.3 is 14.4 Å². The van der Waals surface area contributed by atoms with Gasteiger partial charge in [0.2, 0.25) is 0 Å². The average molecular weight is 322 g/mol. The van der Waals surface area contributed by atoms with E-state index in [9.17, 15) is 14.9 Å². The van der Waals surface area contributed by atoms with Crippen LogP contribution in [-0.4, -0.2) is 40.7 Å². The standard InChI is InChI=1S/C16H22N2O5/c1-16(2,3)23-15(19)17-9-5-7-13(17)11-22-14-8-4-6-12(10-14)18(20)21/h4,6,8,10,13H,5,7,9,11H2,1-3H3. The SMILES string of the molecule is CC(C)(C)OC(=O)N1CCCC1COc1cccc([N+](=O)[O-])c1. The lowest BCUT2D eigenvalue weighted by atomic mass is 10.2. The number of rotatable bonds is 4. The van der Waals surface area contributed by atoms with Crippen LogP contribution in [0.25, 0.3) is 0 Å². The van der Waals surface area contributed by atoms with E-state index >= 15 is 0 Å². The summed E-state index contributed by atoms with van der Waals surface area (Å²) in [4.78, 5) is 24.2. The first kappa shape index (κ1) is 17.1. The van der Waals surface area contributed by atoms with Crippen molar-refractivity contribution in [1.82, 2.24) is 4.90 Å². The number of carbonyl (C=O) groups is 1. The summed E-state index contributed by atoms with van der Waals surface area (Å²) < 4.78 is 11.0. The highest BCUT2D eigenvalue weighted by molar-refractivity contribution is 5.69. The molecule has 1 aliphatic rings. The average Bonchev–Trinajstić information content (AvgIpc) is 2.92. The normalized spacial score (nSPS) is 17.9. The summed E-state index contributed by atoms with van der Waals surface area (Å²) >= 11 is 0. The molecule has 7 nitrogen and oxygen atoms in total. The molecule has 126 valence electrons. The highest BCUT2D eigenvalue weighted by Crippen LogP contribution is 2.23. The highest BCUT2D eigenvalue weighted by Gasteiger charge is 2.32. The number of ether oxygens (including phenoxy) is 2. The summed E-state index contributed by atoms with van der Waals surface area (Å²) in [6, 6.07) is 5.96. The minimum absolute atomic E-state index is 0.0158. The maximum atomic E-state index is 12.2. The van der Waals surface area contributed by atoms with Crippen LogP contribution in [0, 0.1) is 10.1 Å². The number of nitrogens with zero attached hydrogens (tertiary/aromatic N) is 2. The zero-order valence-corrected chi connectivity index (χ0v) is 13.7. The van der Waals surface area contributed by atoms with Gasteiger partial charge in [-0.25, -0.2) is 4.79 Å². The van der Waals surface area contributed by atoms with Gasteiger partial charge in [0.15, 0.2) is 0 Å². The third-order valence-electron chi connectivity index (χ3n) is 3.48. The summed E-state index contributed by atoms with van der Waals surface area (Å²) in [5.74, 6) is 0.426. The highest BCUT2D eigenvalue weighted by atomic mass is 16.6. The quantitative estimate of drug-likeness (QED) is 0.627. The molecule has 1 aromatic rings. The maximum absolute atomic E-state index is 12.2. The number of amides is 1. The molecule has 0 aliphatic carbocycles. The van der Waals surface area contributed by atoms with Gasteiger partial charge in [-0.2, -0.15) is 0 Å². The zero-order valence-electron chi connectivity index (χ0n) is 13.7. The van der Waals surface area contributed by atoms with Crippen LogP contribution < -0.4 is 4.74 Å². The predicted molar refractivity (Wildman–Crippen MR) is 84.6 cm³/mol. The van der Waals surface area contributed by atoms with Gasteiger partial charge in [0.25, 0.3) is 5.69 Å². The molecule has 23 heavy (non-hydrogen) atoms. The van der Waals surface area contributed by atoms with Crippen molar-refractivity contribution in [3.63, 3.8) is 0 Å². The van der Waals surface area contributed by atoms with Gasteiger partial charge >= 0.3 is 6.09 Å². The second kappa shape index (κ2) is 6.85. The van der Waals surface area contributed by atoms with Crippen molar-refractivity contribution in [2.75, 3.05) is 13.2 Å². The van der Waals surface area contributed by atoms with Gasteiger partial charge in [0.05, 0.1) is 17.0 Å². The Kier molecular flexibility index (Phi) is 5.08. The number of nitro groups is 1. The molecule has 2 rings (SSSR count). The van der Waals surface area contributed by atoms with E-state index in [0.29, 0.717) is 18.9 Å². The van der Waals surface area contributed by atoms with Crippen molar-refractivity contribution in [2.45, 2.75) is 45.3 Å². The van der Waals surface area contributed by atoms with E-state index in [1.165, 1.54) is 12.1 Å². The fourth-order valence-corrected chi connectivity index (χ4v) is 2.45. The summed E-state index contributed by atoms with van der Waals surface area (Å²) in [6.07, 6.45) is 1.37. The fraction of sp³-hybridized carbons (Fsp3) is 0.562. The molecule has 1 atom stereocenters. The zero-order chi connectivity index (χ0) is 17.0. The van der Waals surface area contributed by atoms with Crippen molar-refractivity contribution in [1.29, 1.82) is 0 Å². The minimum Gasteiger partial charge on any atom is -0.491 e. The number of hydrogen-bond donors (Lipinski definition) is 0. The molecule has 1 fully saturated rings. The van der Waals surface area contributed by atoms with E-state index in [-0.39, 0.29) is 17.8 Å². The van der Waals surface area contributed by atoms with Crippen LogP contribution in [0.1, 0.15) is 33.6 Å². The Hall–Kier alpha value is -2.31. The lowest BCUT2D eigenvalue weighted by molar-refractivity contribution is -0.384. The van der Waals surface area contributed by atoms with Gasteiger partial charge in [-0.05, 0) is 39.7 Å². The molecule has 1 amide bonds. The Morgan fingerprint density at radius 1 is 1.43 bits per heavy atom. The Balaban J connectivity index is 1.95. The van der Waals surface area contributed by atoms with E-state index in [1.807, 2.05) is 20.8 Å². The van der Waals surface area contributed by atoms with Crippen molar-refractivity contribution >= 4 is 11.8 Å². The molecule has 0 aromatic heterocycles. The molecule has 0 spiro atoms. The van der Waals surface area contributed by atoms with Gasteiger partial charge in [-0.1, -0.05) is 6.07 Å². The first-order valence-corrected chi connectivity index (χ1v) is 7.63. The van der Waals surface area contributed by atoms with Crippen LogP contribution in [0.15, 0.2) is 24.3 Å². The monoisotopic (exact) mass is 322 g/mol. The van der Waals surface area contributed by atoms with Crippen LogP contribution in [0.2, 0.25) is 0 Å². The van der Waals surface area contributed by atoms with Crippen LogP contribution in [-0.2, 0) is 4.74 Å². The Labute approximate surface area is 135 Å². The summed E-state index contributed by atoms with van der Waals surface area (Å²) in [7, 11) is 0. The second-order valence-electron chi connectivity index (χ2n) is 6.54. The molecule has 1 unspecified atom stereocenters. The minimum atomic E-state index is -0.537. The number of likely N-dealkylation sites (tertiary alicyclic amines) is 1. The van der Waals surface area contributed by atoms with Crippen LogP contribution in [0.4, 0.5) is 10.5 Å². The Morgan fingerprint density at radius 2 is 2.17 bits per heavy atom. The van der Waals surface area contributed by atoms with Crippen LogP contribution >= 0.6 is 0 Å². The topological polar surface area (TPSA) is 81.9 Å². The summed E-state index contributed by atoms with van der Waals surface area (Å²) in [5, 5.41) is 10.8. The van der Waals surface area contributed by atoms with Crippen molar-refractivity contribution < 1.29 is 19.2 Å². The first-order chi connectivity index (χ1) is 10.8. The van der Waals surface area contributed by atoms with Crippen molar-refractivity contribution in [3.05, 3.63) is 34.4 Å². The fourth-order valence-electron chi connectivity index (χ4n) is 2.45. The first-order valence-electron chi connectivity index (χ1n) is 7.63. The smallest absolute Gasteiger partial charge is 0.410 e. The predicted octanol–water partition coefficient (Wildman–Crippen LogP) is 3.37. The molecular weight excluding hydrogens is 300 g/mol. The molecule has 0 N–H and O–H groups in total. The summed E-state index contributed by atoms with van der Waals surface area (Å²) in [6.45, 7) is 6.42. The van der Waals surface area contributed by atoms with E-state index in [4.69, 9.17) is 9.47 Å². The number of benzene rings is 1. The molecule has 0 bridgehead atoms. The lowest BCUT2D eigenvalue weighted by Gasteiger charge is -2.28. The number of non-ortho nitro benzene ring substituents is 1. The molecular formula is C16H22N2O5. The van der Waals surface area contributed by atoms with E-state index in [0.717, 1.165) is 12.8 Å². The number of nitro benzene ring substituents is 1. The number of hydrogen-bond acceptors (Lipinski definition) is 5. The Morgan fingerprint density at radius 3 is 2.83 bits per heavy atom. The number of carbonyl (C=O) groups excluding carboxylic acids is 1. The van der Waals surface area contributed by atoms with E-state index < -0.39 is 10.5 Å². The maximum Gasteiger partial charge on any atom is 0.410 e. The molecule has 1 saturated heterocycles. The third kappa shape index (κ3) is 4.84. The lowest BCUT2D eigenvalue weighted by Crippen LogP contribution is -2.42. The molecule has 0 saturated carbocycles. The van der Waals surface area contributed by atoms with Gasteiger partial charge in [-0.3, -0.25) is 10.1 Å². The van der Waals surface area contributed by atoms with Crippen LogP contribution in [0.3, 0.4) is 0 Å². The summed E-state index contributed by atoms with van der Waals surface area (Å²) in [5.41, 5.74) is -0.552. The molecule has 1 aliphatic heterocycles. The third-order valence-corrected chi connectivity index (χ3v) is 3.48. The largest absolute Gasteiger partial charge is 0.491 e. The van der Waals surface area contributed by atoms with Gasteiger partial charge in [0.1, 0.15) is 18.0 Å². The second-order valence-corrected chi connectivity index (χ2v) is 6.54. The van der Waals surface area contributed by atoms with Crippen LogP contribution in [0.5, 0.6) is 5.75 Å². The molecule has 1 heterocycles. The molecule has 1 aromatic carbocycles. The van der Waals surface area contributed by atoms with Gasteiger partial charge in [0, 0.05) is 12.6 Å². The van der Waals surface area contributed by atoms with Crippen molar-refractivity contribution in [3.8, 4) is 5.75 Å². The van der Waals surface area contributed by atoms with Crippen molar-refractivity contribution in [2.24, 2.45) is 0 Å². The molecule has 0 radical (unpaired) electrons. The molecule has 7 heteroatoms. The Bertz CT molecular complexity index is 582. The van der Waals surface area contributed by atoms with E-state index in [1.54, 1.807) is 17.0 Å².